The topological polar surface area (TPSA) is 61.0 Å². The molecule has 5 rings (SSSR count). The molecule has 5 nitrogen and oxygen atoms in total. The molecule has 3 aromatic rings. The number of nitrogens with zero attached hydrogens (tertiary/aromatic N) is 2. The molecule has 1 atom stereocenters. The first-order valence-electron chi connectivity index (χ1n) is 9.95. The Morgan fingerprint density at radius 3 is 2.82 bits per heavy atom. The zero-order valence-electron chi connectivity index (χ0n) is 15.7. The van der Waals surface area contributed by atoms with Gasteiger partial charge in [0.05, 0.1) is 6.20 Å². The Labute approximate surface area is 168 Å². The minimum Gasteiger partial charge on any atom is -0.338 e. The lowest BCUT2D eigenvalue weighted by atomic mass is 9.88. The van der Waals surface area contributed by atoms with Crippen molar-refractivity contribution < 1.29 is 4.79 Å². The molecular weight excluding hydrogens is 368 g/mol. The summed E-state index contributed by atoms with van der Waals surface area (Å²) < 4.78 is 0. The third-order valence-electron chi connectivity index (χ3n) is 5.92. The van der Waals surface area contributed by atoms with Gasteiger partial charge in [-0.2, -0.15) is 0 Å². The number of carbonyl (C=O) groups is 1. The summed E-state index contributed by atoms with van der Waals surface area (Å²) in [5.41, 5.74) is 3.19. The van der Waals surface area contributed by atoms with Crippen LogP contribution in [0.4, 0.5) is 0 Å². The van der Waals surface area contributed by atoms with E-state index < -0.39 is 0 Å². The van der Waals surface area contributed by atoms with Crippen molar-refractivity contribution in [2.45, 2.75) is 31.2 Å². The summed E-state index contributed by atoms with van der Waals surface area (Å²) in [6.45, 7) is 3.39. The van der Waals surface area contributed by atoms with Crippen LogP contribution in [0.2, 0.25) is 0 Å². The van der Waals surface area contributed by atoms with Gasteiger partial charge in [-0.05, 0) is 48.5 Å². The van der Waals surface area contributed by atoms with Gasteiger partial charge >= 0.3 is 0 Å². The molecule has 144 valence electrons. The number of hydrogen-bond donors (Lipinski definition) is 2. The second kappa shape index (κ2) is 7.53. The zero-order chi connectivity index (χ0) is 18.9. The molecule has 0 spiro atoms. The predicted octanol–water partition coefficient (Wildman–Crippen LogP) is 3.73. The second-order valence-corrected chi connectivity index (χ2v) is 8.64. The normalized spacial score (nSPS) is 20.1. The summed E-state index contributed by atoms with van der Waals surface area (Å²) in [6, 6.07) is 12.8. The highest BCUT2D eigenvalue weighted by Gasteiger charge is 2.31. The van der Waals surface area contributed by atoms with Crippen molar-refractivity contribution in [1.82, 2.24) is 20.2 Å². The number of imidazole rings is 1. The number of H-pyrrole nitrogens is 1. The van der Waals surface area contributed by atoms with Crippen molar-refractivity contribution in [3.8, 4) is 0 Å². The molecule has 4 heterocycles. The maximum Gasteiger partial charge on any atom is 0.272 e. The van der Waals surface area contributed by atoms with Crippen molar-refractivity contribution in [3.05, 3.63) is 75.5 Å². The van der Waals surface area contributed by atoms with E-state index in [1.165, 1.54) is 16.0 Å². The zero-order valence-corrected chi connectivity index (χ0v) is 16.5. The number of aromatic amines is 1. The highest BCUT2D eigenvalue weighted by atomic mass is 32.1. The van der Waals surface area contributed by atoms with Gasteiger partial charge in [0.2, 0.25) is 0 Å². The minimum absolute atomic E-state index is 0.0451. The number of amides is 1. The van der Waals surface area contributed by atoms with Crippen molar-refractivity contribution in [2.75, 3.05) is 19.6 Å². The molecule has 2 aromatic heterocycles. The highest BCUT2D eigenvalue weighted by Crippen LogP contribution is 2.36. The van der Waals surface area contributed by atoms with E-state index in [9.17, 15) is 4.79 Å². The van der Waals surface area contributed by atoms with Crippen molar-refractivity contribution in [2.24, 2.45) is 0 Å². The van der Waals surface area contributed by atoms with Gasteiger partial charge in [-0.15, -0.1) is 11.3 Å². The molecule has 2 N–H and O–H groups in total. The van der Waals surface area contributed by atoms with Crippen LogP contribution in [0.5, 0.6) is 0 Å². The van der Waals surface area contributed by atoms with Crippen molar-refractivity contribution >= 4 is 17.2 Å². The number of thiophene rings is 1. The Balaban J connectivity index is 1.40. The first-order chi connectivity index (χ1) is 13.8. The van der Waals surface area contributed by atoms with E-state index >= 15 is 0 Å². The number of fused-ring (bicyclic) bond motifs is 1. The molecule has 2 aliphatic heterocycles. The van der Waals surface area contributed by atoms with Crippen LogP contribution in [0.1, 0.15) is 57.0 Å². The fourth-order valence-corrected chi connectivity index (χ4v) is 5.25. The second-order valence-electron chi connectivity index (χ2n) is 7.66. The van der Waals surface area contributed by atoms with Crippen LogP contribution in [0.25, 0.3) is 0 Å². The molecule has 2 aliphatic rings. The third-order valence-corrected chi connectivity index (χ3v) is 6.91. The van der Waals surface area contributed by atoms with Gasteiger partial charge in [0.1, 0.15) is 11.5 Å². The smallest absolute Gasteiger partial charge is 0.272 e. The van der Waals surface area contributed by atoms with Crippen LogP contribution in [-0.4, -0.2) is 40.4 Å². The summed E-state index contributed by atoms with van der Waals surface area (Å²) >= 11 is 1.76. The first-order valence-corrected chi connectivity index (χ1v) is 10.8. The number of nitrogens with one attached hydrogen (secondary N) is 2. The lowest BCUT2D eigenvalue weighted by molar-refractivity contribution is 0.0720. The van der Waals surface area contributed by atoms with Crippen LogP contribution in [0.15, 0.2) is 48.0 Å². The van der Waals surface area contributed by atoms with Gasteiger partial charge in [0, 0.05) is 29.8 Å². The van der Waals surface area contributed by atoms with Crippen LogP contribution < -0.4 is 5.32 Å². The molecule has 1 amide bonds. The molecule has 1 unspecified atom stereocenters. The van der Waals surface area contributed by atoms with Gasteiger partial charge in [-0.1, -0.05) is 30.3 Å². The Hall–Kier alpha value is -2.44. The summed E-state index contributed by atoms with van der Waals surface area (Å²) in [6.07, 6.45) is 3.86. The van der Waals surface area contributed by atoms with E-state index in [1.807, 2.05) is 4.90 Å². The summed E-state index contributed by atoms with van der Waals surface area (Å²) in [5.74, 6) is 1.66. The number of rotatable bonds is 3. The lowest BCUT2D eigenvalue weighted by Crippen LogP contribution is -2.38. The molecule has 0 radical (unpaired) electrons. The van der Waals surface area contributed by atoms with Gasteiger partial charge in [0.25, 0.3) is 5.91 Å². The van der Waals surface area contributed by atoms with E-state index in [4.69, 9.17) is 0 Å². The molecule has 0 bridgehead atoms. The quantitative estimate of drug-likeness (QED) is 0.714. The summed E-state index contributed by atoms with van der Waals surface area (Å²) in [7, 11) is 0. The van der Waals surface area contributed by atoms with Gasteiger partial charge in [0.15, 0.2) is 0 Å². The van der Waals surface area contributed by atoms with Gasteiger partial charge in [-0.25, -0.2) is 4.98 Å². The number of piperidine rings is 1. The van der Waals surface area contributed by atoms with E-state index in [0.29, 0.717) is 24.7 Å². The molecule has 1 fully saturated rings. The van der Waals surface area contributed by atoms with E-state index in [1.54, 1.807) is 17.5 Å². The van der Waals surface area contributed by atoms with Crippen LogP contribution in [0, 0.1) is 0 Å². The molecule has 1 saturated heterocycles. The van der Waals surface area contributed by atoms with E-state index in [0.717, 1.165) is 31.8 Å². The molecule has 0 aliphatic carbocycles. The Morgan fingerprint density at radius 1 is 1.14 bits per heavy atom. The number of carbonyl (C=O) groups excluding carboxylic acids is 1. The number of aromatic nitrogens is 2. The number of benzene rings is 1. The monoisotopic (exact) mass is 392 g/mol. The molecule has 28 heavy (non-hydrogen) atoms. The maximum absolute atomic E-state index is 13.3. The van der Waals surface area contributed by atoms with Crippen molar-refractivity contribution in [1.29, 1.82) is 0 Å². The average molecular weight is 393 g/mol. The molecular formula is C22H24N4OS. The summed E-state index contributed by atoms with van der Waals surface area (Å²) in [5, 5.41) is 5.49. The fraction of sp³-hybridized carbons (Fsp3) is 0.364. The van der Waals surface area contributed by atoms with Crippen LogP contribution in [-0.2, 0) is 6.54 Å². The average Bonchev–Trinajstić information content (AvgIpc) is 3.45. The minimum atomic E-state index is 0.0451. The molecule has 6 heteroatoms. The SMILES string of the molecule is O=C(c1cnc(C2CCNCC2)[nH]1)N1Cc2ccccc2C(c2cccs2)C1. The Morgan fingerprint density at radius 2 is 2.00 bits per heavy atom. The largest absolute Gasteiger partial charge is 0.338 e. The summed E-state index contributed by atoms with van der Waals surface area (Å²) in [4.78, 5) is 24.4. The van der Waals surface area contributed by atoms with Crippen molar-refractivity contribution in [3.63, 3.8) is 0 Å². The highest BCUT2D eigenvalue weighted by molar-refractivity contribution is 7.10. The fourth-order valence-electron chi connectivity index (χ4n) is 4.41. The maximum atomic E-state index is 13.3. The van der Waals surface area contributed by atoms with E-state index in [-0.39, 0.29) is 11.8 Å². The standard InChI is InChI=1S/C22H24N4OS/c27-22(19-12-24-21(25-19)15-7-9-23-10-8-15)26-13-16-4-1-2-5-17(16)18(14-26)20-6-3-11-28-20/h1-6,11-12,15,18,23H,7-10,13-14H2,(H,24,25). The first kappa shape index (κ1) is 17.6. The van der Waals surface area contributed by atoms with Crippen LogP contribution >= 0.6 is 11.3 Å². The van der Waals surface area contributed by atoms with E-state index in [2.05, 4.69) is 57.1 Å². The van der Waals surface area contributed by atoms with Gasteiger partial charge < -0.3 is 15.2 Å². The molecule has 0 saturated carbocycles. The Kier molecular flexibility index (Phi) is 4.74. The number of hydrogen-bond acceptors (Lipinski definition) is 4. The predicted molar refractivity (Wildman–Crippen MR) is 111 cm³/mol. The van der Waals surface area contributed by atoms with Crippen LogP contribution in [0.3, 0.4) is 0 Å². The van der Waals surface area contributed by atoms with Gasteiger partial charge in [-0.3, -0.25) is 4.79 Å². The third kappa shape index (κ3) is 3.27. The molecule has 1 aromatic carbocycles. The Bertz CT molecular complexity index is 959. The lowest BCUT2D eigenvalue weighted by Gasteiger charge is -2.34.